The van der Waals surface area contributed by atoms with Crippen molar-refractivity contribution in [3.63, 3.8) is 0 Å². The molecule has 0 fully saturated rings. The highest BCUT2D eigenvalue weighted by molar-refractivity contribution is 9.09. The Hall–Kier alpha value is -1.70. The lowest BCUT2D eigenvalue weighted by atomic mass is 10.2. The maximum Gasteiger partial charge on any atom is 0.378 e. The number of alkyl halides is 3. The van der Waals surface area contributed by atoms with E-state index in [0.29, 0.717) is 11.8 Å². The molecule has 0 bridgehead atoms. The topological polar surface area (TPSA) is 68.9 Å². The number of carbonyl (C=O) groups is 1. The van der Waals surface area contributed by atoms with Gasteiger partial charge >= 0.3 is 10.7 Å². The van der Waals surface area contributed by atoms with Crippen LogP contribution in [0.4, 0.5) is 8.78 Å². The molecule has 2 aromatic rings. The minimum absolute atomic E-state index is 0.0726. The zero-order valence-corrected chi connectivity index (χ0v) is 9.69. The number of pyridine rings is 1. The molecule has 0 N–H and O–H groups in total. The lowest BCUT2D eigenvalue weighted by Gasteiger charge is -1.98. The van der Waals surface area contributed by atoms with Gasteiger partial charge in [-0.1, -0.05) is 5.16 Å². The van der Waals surface area contributed by atoms with Crippen LogP contribution in [0.1, 0.15) is 16.2 Å². The summed E-state index contributed by atoms with van der Waals surface area (Å²) in [7, 11) is 0. The van der Waals surface area contributed by atoms with Crippen LogP contribution in [0.25, 0.3) is 11.5 Å². The Morgan fingerprint density at radius 2 is 2.18 bits per heavy atom. The van der Waals surface area contributed by atoms with E-state index in [9.17, 15) is 13.6 Å². The van der Waals surface area contributed by atoms with Gasteiger partial charge in [-0.2, -0.15) is 13.8 Å². The van der Waals surface area contributed by atoms with Gasteiger partial charge in [-0.05, 0) is 12.1 Å². The standard InChI is InChI=1S/C9H4BrF2N3O2/c10-9(11,12)8-14-7(15-17-8)6-2-1-5(4-16)3-13-6/h1-4H. The van der Waals surface area contributed by atoms with Crippen LogP contribution in [0.2, 0.25) is 0 Å². The number of aromatic nitrogens is 3. The molecule has 5 nitrogen and oxygen atoms in total. The Morgan fingerprint density at radius 3 is 2.65 bits per heavy atom. The monoisotopic (exact) mass is 303 g/mol. The van der Waals surface area contributed by atoms with E-state index in [1.807, 2.05) is 0 Å². The summed E-state index contributed by atoms with van der Waals surface area (Å²) < 4.78 is 29.9. The first kappa shape index (κ1) is 11.8. The summed E-state index contributed by atoms with van der Waals surface area (Å²) in [6, 6.07) is 2.91. The smallest absolute Gasteiger partial charge is 0.331 e. The van der Waals surface area contributed by atoms with E-state index in [1.54, 1.807) is 0 Å². The summed E-state index contributed by atoms with van der Waals surface area (Å²) in [6.07, 6.45) is 1.90. The highest BCUT2D eigenvalue weighted by Gasteiger charge is 2.35. The second-order valence-corrected chi connectivity index (χ2v) is 4.01. The third-order valence-electron chi connectivity index (χ3n) is 1.82. The van der Waals surface area contributed by atoms with E-state index < -0.39 is 10.7 Å². The van der Waals surface area contributed by atoms with Gasteiger partial charge in [0.05, 0.1) is 0 Å². The molecule has 8 heteroatoms. The van der Waals surface area contributed by atoms with E-state index in [2.05, 4.69) is 35.6 Å². The van der Waals surface area contributed by atoms with Crippen molar-refractivity contribution in [2.24, 2.45) is 0 Å². The molecule has 0 spiro atoms. The fourth-order valence-electron chi connectivity index (χ4n) is 1.05. The van der Waals surface area contributed by atoms with Crippen molar-refractivity contribution in [2.45, 2.75) is 4.83 Å². The van der Waals surface area contributed by atoms with Gasteiger partial charge in [0.2, 0.25) is 5.82 Å². The highest BCUT2D eigenvalue weighted by Crippen LogP contribution is 2.33. The van der Waals surface area contributed by atoms with Gasteiger partial charge < -0.3 is 4.52 Å². The molecule has 2 heterocycles. The molecule has 0 saturated heterocycles. The molecule has 0 amide bonds. The molecule has 0 aliphatic carbocycles. The molecular formula is C9H4BrF2N3O2. The number of hydrogen-bond donors (Lipinski definition) is 0. The lowest BCUT2D eigenvalue weighted by molar-refractivity contribution is 0.0725. The molecule has 2 rings (SSSR count). The van der Waals surface area contributed by atoms with Crippen LogP contribution in [0.5, 0.6) is 0 Å². The lowest BCUT2D eigenvalue weighted by Crippen LogP contribution is -2.02. The molecule has 0 aliphatic heterocycles. The van der Waals surface area contributed by atoms with Gasteiger partial charge in [0.1, 0.15) is 5.69 Å². The van der Waals surface area contributed by atoms with Crippen LogP contribution in [-0.2, 0) is 4.83 Å². The zero-order chi connectivity index (χ0) is 12.5. The van der Waals surface area contributed by atoms with E-state index in [1.165, 1.54) is 18.3 Å². The SMILES string of the molecule is O=Cc1ccc(-c2noc(C(F)(F)Br)n2)nc1. The predicted octanol–water partition coefficient (Wildman–Crippen LogP) is 2.39. The summed E-state index contributed by atoms with van der Waals surface area (Å²) >= 11 is 2.10. The average molecular weight is 304 g/mol. The molecule has 0 radical (unpaired) electrons. The fraction of sp³-hybridized carbons (Fsp3) is 0.111. The van der Waals surface area contributed by atoms with Crippen LogP contribution < -0.4 is 0 Å². The minimum Gasteiger partial charge on any atom is -0.331 e. The highest BCUT2D eigenvalue weighted by atomic mass is 79.9. The summed E-state index contributed by atoms with van der Waals surface area (Å²) in [5, 5.41) is 3.36. The Kier molecular flexibility index (Phi) is 2.97. The number of halogens is 3. The molecule has 0 atom stereocenters. The molecule has 2 aromatic heterocycles. The summed E-state index contributed by atoms with van der Waals surface area (Å²) in [4.78, 5) is 14.3. The van der Waals surface area contributed by atoms with Crippen molar-refractivity contribution in [3.8, 4) is 11.5 Å². The minimum atomic E-state index is -3.37. The van der Waals surface area contributed by atoms with Crippen molar-refractivity contribution in [1.29, 1.82) is 0 Å². The molecule has 0 aromatic carbocycles. The predicted molar refractivity (Wildman–Crippen MR) is 55.7 cm³/mol. The number of carbonyl (C=O) groups excluding carboxylic acids is 1. The van der Waals surface area contributed by atoms with Gasteiger partial charge in [0, 0.05) is 27.7 Å². The van der Waals surface area contributed by atoms with Gasteiger partial charge in [0.25, 0.3) is 0 Å². The third kappa shape index (κ3) is 2.52. The first-order chi connectivity index (χ1) is 8.00. The number of hydrogen-bond acceptors (Lipinski definition) is 5. The summed E-state index contributed by atoms with van der Waals surface area (Å²) in [6.45, 7) is 0. The molecule has 17 heavy (non-hydrogen) atoms. The van der Waals surface area contributed by atoms with Crippen molar-refractivity contribution in [3.05, 3.63) is 29.8 Å². The number of nitrogens with zero attached hydrogens (tertiary/aromatic N) is 3. The van der Waals surface area contributed by atoms with Crippen LogP contribution >= 0.6 is 15.9 Å². The first-order valence-corrected chi connectivity index (χ1v) is 5.12. The summed E-state index contributed by atoms with van der Waals surface area (Å²) in [5.74, 6) is -0.926. The molecular weight excluding hydrogens is 300 g/mol. The van der Waals surface area contributed by atoms with Crippen molar-refractivity contribution in [1.82, 2.24) is 15.1 Å². The third-order valence-corrected chi connectivity index (χ3v) is 2.16. The molecule has 88 valence electrons. The van der Waals surface area contributed by atoms with Crippen molar-refractivity contribution in [2.75, 3.05) is 0 Å². The summed E-state index contributed by atoms with van der Waals surface area (Å²) in [5.41, 5.74) is 0.602. The molecule has 0 aliphatic rings. The Morgan fingerprint density at radius 1 is 1.41 bits per heavy atom. The van der Waals surface area contributed by atoms with E-state index in [4.69, 9.17) is 0 Å². The van der Waals surface area contributed by atoms with Gasteiger partial charge in [0.15, 0.2) is 6.29 Å². The Labute approximate surface area is 102 Å². The Balaban J connectivity index is 2.33. The molecule has 0 unspecified atom stereocenters. The number of aldehydes is 1. The van der Waals surface area contributed by atoms with Gasteiger partial charge in [-0.15, -0.1) is 0 Å². The van der Waals surface area contributed by atoms with Crippen LogP contribution in [-0.4, -0.2) is 21.4 Å². The van der Waals surface area contributed by atoms with E-state index in [0.717, 1.165) is 0 Å². The first-order valence-electron chi connectivity index (χ1n) is 4.33. The second kappa shape index (κ2) is 4.28. The second-order valence-electron chi connectivity index (χ2n) is 3.02. The van der Waals surface area contributed by atoms with E-state index >= 15 is 0 Å². The zero-order valence-electron chi connectivity index (χ0n) is 8.10. The maximum absolute atomic E-state index is 12.8. The van der Waals surface area contributed by atoms with Gasteiger partial charge in [-0.3, -0.25) is 9.78 Å². The van der Waals surface area contributed by atoms with Gasteiger partial charge in [-0.25, -0.2) is 0 Å². The van der Waals surface area contributed by atoms with E-state index in [-0.39, 0.29) is 11.5 Å². The maximum atomic E-state index is 12.8. The van der Waals surface area contributed by atoms with Crippen LogP contribution in [0.15, 0.2) is 22.9 Å². The molecule has 0 saturated carbocycles. The number of rotatable bonds is 3. The Bertz CT molecular complexity index is 536. The van der Waals surface area contributed by atoms with Crippen molar-refractivity contribution >= 4 is 22.2 Å². The normalized spacial score (nSPS) is 11.5. The fourth-order valence-corrected chi connectivity index (χ4v) is 1.21. The quantitative estimate of drug-likeness (QED) is 0.643. The van der Waals surface area contributed by atoms with Crippen LogP contribution in [0, 0.1) is 0 Å². The largest absolute Gasteiger partial charge is 0.378 e. The van der Waals surface area contributed by atoms with Crippen molar-refractivity contribution < 1.29 is 18.1 Å². The average Bonchev–Trinajstić information content (AvgIpc) is 2.78. The van der Waals surface area contributed by atoms with Crippen LogP contribution in [0.3, 0.4) is 0 Å².